The molecule has 0 fully saturated rings. The lowest BCUT2D eigenvalue weighted by atomic mass is 10.1. The van der Waals surface area contributed by atoms with Crippen LogP contribution in [0.3, 0.4) is 0 Å². The van der Waals surface area contributed by atoms with Gasteiger partial charge in [0, 0.05) is 28.2 Å². The maximum atomic E-state index is 13.1. The van der Waals surface area contributed by atoms with Crippen LogP contribution in [0.5, 0.6) is 11.5 Å². The molecular formula is C21H19BrN2O4. The topological polar surface area (TPSA) is 69.6 Å². The van der Waals surface area contributed by atoms with Crippen LogP contribution in [-0.4, -0.2) is 24.7 Å². The highest BCUT2D eigenvalue weighted by molar-refractivity contribution is 9.10. The first-order valence-corrected chi connectivity index (χ1v) is 9.63. The van der Waals surface area contributed by atoms with Gasteiger partial charge in [-0.1, -0.05) is 15.9 Å². The fourth-order valence-electron chi connectivity index (χ4n) is 3.72. The first-order chi connectivity index (χ1) is 13.4. The maximum absolute atomic E-state index is 13.1. The molecule has 3 aromatic rings. The van der Waals surface area contributed by atoms with Gasteiger partial charge in [0.05, 0.1) is 25.4 Å². The van der Waals surface area contributed by atoms with Crippen LogP contribution in [0.15, 0.2) is 45.8 Å². The smallest absolute Gasteiger partial charge is 0.261 e. The highest BCUT2D eigenvalue weighted by atomic mass is 79.9. The van der Waals surface area contributed by atoms with E-state index in [2.05, 4.69) is 28.2 Å². The number of carbonyl (C=O) groups excluding carboxylic acids is 1. The summed E-state index contributed by atoms with van der Waals surface area (Å²) in [6.07, 6.45) is 2.48. The zero-order valence-electron chi connectivity index (χ0n) is 15.7. The van der Waals surface area contributed by atoms with Crippen molar-refractivity contribution in [3.05, 3.63) is 62.4 Å². The molecule has 144 valence electrons. The molecule has 0 aliphatic carbocycles. The minimum Gasteiger partial charge on any atom is -0.497 e. The van der Waals surface area contributed by atoms with E-state index in [1.807, 2.05) is 10.6 Å². The molecule has 1 aromatic heterocycles. The van der Waals surface area contributed by atoms with Gasteiger partial charge in [0.15, 0.2) is 0 Å². The number of hydrogen-bond acceptors (Lipinski definition) is 4. The molecule has 1 amide bonds. The van der Waals surface area contributed by atoms with Crippen molar-refractivity contribution in [2.75, 3.05) is 19.5 Å². The molecule has 0 spiro atoms. The Morgan fingerprint density at radius 1 is 1.21 bits per heavy atom. The van der Waals surface area contributed by atoms with E-state index in [-0.39, 0.29) is 17.0 Å². The zero-order chi connectivity index (χ0) is 20.0. The maximum Gasteiger partial charge on any atom is 0.261 e. The molecule has 4 rings (SSSR count). The molecule has 1 aliphatic heterocycles. The van der Waals surface area contributed by atoms with Crippen LogP contribution < -0.4 is 20.2 Å². The molecule has 7 heteroatoms. The lowest BCUT2D eigenvalue weighted by Crippen LogP contribution is -2.24. The van der Waals surface area contributed by atoms with E-state index in [9.17, 15) is 9.59 Å². The number of nitrogens with one attached hydrogen (secondary N) is 1. The summed E-state index contributed by atoms with van der Waals surface area (Å²) in [5.41, 5.74) is 2.25. The molecule has 0 saturated heterocycles. The fraction of sp³-hybridized carbons (Fsp3) is 0.238. The summed E-state index contributed by atoms with van der Waals surface area (Å²) in [6.45, 7) is 2.07. The van der Waals surface area contributed by atoms with Gasteiger partial charge in [-0.3, -0.25) is 9.59 Å². The Morgan fingerprint density at radius 2 is 2.00 bits per heavy atom. The number of methoxy groups -OCH3 is 2. The first-order valence-electron chi connectivity index (χ1n) is 8.83. The highest BCUT2D eigenvalue weighted by Gasteiger charge is 2.25. The van der Waals surface area contributed by atoms with Crippen LogP contribution in [0, 0.1) is 0 Å². The molecule has 0 radical (unpaired) electrons. The largest absolute Gasteiger partial charge is 0.497 e. The van der Waals surface area contributed by atoms with Crippen LogP contribution in [0.25, 0.3) is 10.9 Å². The van der Waals surface area contributed by atoms with Gasteiger partial charge in [-0.2, -0.15) is 0 Å². The lowest BCUT2D eigenvalue weighted by Gasteiger charge is -2.14. The van der Waals surface area contributed by atoms with Gasteiger partial charge < -0.3 is 19.4 Å². The van der Waals surface area contributed by atoms with Crippen LogP contribution in [0.1, 0.15) is 28.9 Å². The van der Waals surface area contributed by atoms with Crippen molar-refractivity contribution >= 4 is 38.4 Å². The minimum atomic E-state index is -0.483. The molecule has 0 bridgehead atoms. The second kappa shape index (κ2) is 6.98. The monoisotopic (exact) mass is 442 g/mol. The molecule has 1 atom stereocenters. The van der Waals surface area contributed by atoms with Crippen LogP contribution in [-0.2, 0) is 6.42 Å². The summed E-state index contributed by atoms with van der Waals surface area (Å²) in [5, 5.41) is 3.33. The normalized spacial score (nSPS) is 14.9. The van der Waals surface area contributed by atoms with Gasteiger partial charge in [-0.25, -0.2) is 0 Å². The third kappa shape index (κ3) is 2.96. The number of benzene rings is 2. The Balaban J connectivity index is 1.82. The standard InChI is InChI=1S/C21H19BrN2O4/c1-11-6-12-7-13(22)8-15-19(12)24(11)10-16(20(15)25)21(26)23-17-9-14(27-2)4-5-18(17)28-3/h4-5,7-11H,6H2,1-3H3,(H,23,26). The van der Waals surface area contributed by atoms with Crippen molar-refractivity contribution in [2.24, 2.45) is 0 Å². The summed E-state index contributed by atoms with van der Waals surface area (Å²) >= 11 is 3.47. The van der Waals surface area contributed by atoms with Crippen LogP contribution in [0.4, 0.5) is 5.69 Å². The van der Waals surface area contributed by atoms with E-state index in [0.29, 0.717) is 22.6 Å². The molecule has 1 aliphatic rings. The van der Waals surface area contributed by atoms with E-state index in [1.54, 1.807) is 37.6 Å². The van der Waals surface area contributed by atoms with Gasteiger partial charge in [0.25, 0.3) is 5.91 Å². The van der Waals surface area contributed by atoms with Gasteiger partial charge in [0.2, 0.25) is 5.43 Å². The first kappa shape index (κ1) is 18.6. The Labute approximate surface area is 170 Å². The van der Waals surface area contributed by atoms with Crippen molar-refractivity contribution in [1.29, 1.82) is 0 Å². The van der Waals surface area contributed by atoms with E-state index in [0.717, 1.165) is 22.0 Å². The number of pyridine rings is 1. The van der Waals surface area contributed by atoms with E-state index in [1.165, 1.54) is 7.11 Å². The summed E-state index contributed by atoms with van der Waals surface area (Å²) in [7, 11) is 3.06. The van der Waals surface area contributed by atoms with Crippen molar-refractivity contribution in [1.82, 2.24) is 4.57 Å². The number of amides is 1. The van der Waals surface area contributed by atoms with E-state index < -0.39 is 5.91 Å². The Morgan fingerprint density at radius 3 is 2.71 bits per heavy atom. The van der Waals surface area contributed by atoms with Crippen LogP contribution >= 0.6 is 15.9 Å². The van der Waals surface area contributed by atoms with Crippen molar-refractivity contribution in [2.45, 2.75) is 19.4 Å². The lowest BCUT2D eigenvalue weighted by molar-refractivity contribution is 0.102. The molecule has 0 saturated carbocycles. The predicted molar refractivity (Wildman–Crippen MR) is 112 cm³/mol. The second-order valence-corrected chi connectivity index (χ2v) is 7.73. The molecular weight excluding hydrogens is 424 g/mol. The molecule has 6 nitrogen and oxygen atoms in total. The predicted octanol–water partition coefficient (Wildman–Crippen LogP) is 4.15. The number of carbonyl (C=O) groups is 1. The third-order valence-electron chi connectivity index (χ3n) is 5.06. The number of aromatic nitrogens is 1. The fourth-order valence-corrected chi connectivity index (χ4v) is 4.23. The van der Waals surface area contributed by atoms with Gasteiger partial charge in [0.1, 0.15) is 17.1 Å². The average molecular weight is 443 g/mol. The van der Waals surface area contributed by atoms with Crippen molar-refractivity contribution in [3.63, 3.8) is 0 Å². The quantitative estimate of drug-likeness (QED) is 0.658. The summed E-state index contributed by atoms with van der Waals surface area (Å²) in [5.74, 6) is 0.577. The summed E-state index contributed by atoms with van der Waals surface area (Å²) in [6, 6.07) is 9.07. The summed E-state index contributed by atoms with van der Waals surface area (Å²) < 4.78 is 13.4. The second-order valence-electron chi connectivity index (χ2n) is 6.81. The SMILES string of the molecule is COc1ccc(OC)c(NC(=O)c2cn3c4c(cc(Br)cc4c2=O)CC3C)c1. The van der Waals surface area contributed by atoms with Gasteiger partial charge in [-0.05, 0) is 43.2 Å². The number of rotatable bonds is 4. The zero-order valence-corrected chi connectivity index (χ0v) is 17.3. The molecule has 1 N–H and O–H groups in total. The van der Waals surface area contributed by atoms with E-state index >= 15 is 0 Å². The highest BCUT2D eigenvalue weighted by Crippen LogP contribution is 2.34. The Hall–Kier alpha value is -2.80. The molecule has 1 unspecified atom stereocenters. The molecule has 2 aromatic carbocycles. The van der Waals surface area contributed by atoms with Gasteiger partial charge >= 0.3 is 0 Å². The molecule has 28 heavy (non-hydrogen) atoms. The number of hydrogen-bond donors (Lipinski definition) is 1. The minimum absolute atomic E-state index is 0.0928. The number of nitrogens with zero attached hydrogens (tertiary/aromatic N) is 1. The van der Waals surface area contributed by atoms with Crippen molar-refractivity contribution < 1.29 is 14.3 Å². The third-order valence-corrected chi connectivity index (χ3v) is 5.52. The Bertz CT molecular complexity index is 1170. The van der Waals surface area contributed by atoms with Crippen molar-refractivity contribution in [3.8, 4) is 11.5 Å². The average Bonchev–Trinajstić information content (AvgIpc) is 2.99. The number of anilines is 1. The van der Waals surface area contributed by atoms with E-state index in [4.69, 9.17) is 9.47 Å². The van der Waals surface area contributed by atoms with Gasteiger partial charge in [-0.15, -0.1) is 0 Å². The summed E-state index contributed by atoms with van der Waals surface area (Å²) in [4.78, 5) is 26.1. The van der Waals surface area contributed by atoms with Crippen LogP contribution in [0.2, 0.25) is 0 Å². The molecule has 2 heterocycles. The number of halogens is 1. The number of ether oxygens (including phenoxy) is 2. The Kier molecular flexibility index (Phi) is 4.63.